The summed E-state index contributed by atoms with van der Waals surface area (Å²) in [4.78, 5) is 4.51. The van der Waals surface area contributed by atoms with Crippen LogP contribution in [-0.2, 0) is 0 Å². The van der Waals surface area contributed by atoms with E-state index >= 15 is 0 Å². The summed E-state index contributed by atoms with van der Waals surface area (Å²) < 4.78 is 1.85. The molecule has 0 fully saturated rings. The van der Waals surface area contributed by atoms with Crippen molar-refractivity contribution in [2.75, 3.05) is 5.32 Å². The van der Waals surface area contributed by atoms with Crippen LogP contribution in [0.1, 0.15) is 29.8 Å². The topological polar surface area (TPSA) is 42.2 Å². The third kappa shape index (κ3) is 2.25. The molecule has 4 nitrogen and oxygen atoms in total. The fourth-order valence-electron chi connectivity index (χ4n) is 2.44. The van der Waals surface area contributed by atoms with Crippen LogP contribution >= 0.6 is 0 Å². The lowest BCUT2D eigenvalue weighted by Gasteiger charge is -2.14. The quantitative estimate of drug-likeness (QED) is 0.788. The third-order valence-corrected chi connectivity index (χ3v) is 3.55. The molecule has 4 heteroatoms. The molecule has 3 rings (SSSR count). The van der Waals surface area contributed by atoms with Crippen molar-refractivity contribution in [1.82, 2.24) is 14.6 Å². The number of hydrogen-bond acceptors (Lipinski definition) is 3. The molecule has 1 N–H and O–H groups in total. The van der Waals surface area contributed by atoms with Gasteiger partial charge in [0.15, 0.2) is 5.65 Å². The Morgan fingerprint density at radius 1 is 1.05 bits per heavy atom. The average Bonchev–Trinajstić information content (AvgIpc) is 2.83. The van der Waals surface area contributed by atoms with Gasteiger partial charge in [0.2, 0.25) is 5.95 Å². The highest BCUT2D eigenvalue weighted by molar-refractivity contribution is 5.45. The minimum atomic E-state index is 0.175. The maximum Gasteiger partial charge on any atom is 0.243 e. The minimum Gasteiger partial charge on any atom is -0.346 e. The molecule has 20 heavy (non-hydrogen) atoms. The van der Waals surface area contributed by atoms with Crippen molar-refractivity contribution >= 4 is 11.6 Å². The molecule has 0 aliphatic heterocycles. The highest BCUT2D eigenvalue weighted by atomic mass is 15.4. The number of benzene rings is 1. The zero-order valence-electron chi connectivity index (χ0n) is 12.0. The van der Waals surface area contributed by atoms with Gasteiger partial charge in [0.25, 0.3) is 0 Å². The summed E-state index contributed by atoms with van der Waals surface area (Å²) in [5, 5.41) is 7.87. The molecular formula is C16H18N4. The summed E-state index contributed by atoms with van der Waals surface area (Å²) in [6.07, 6.45) is 0. The standard InChI is InChI=1S/C16H18N4/c1-11-7-4-5-9-14(11)13(3)17-16-18-15-10-6-8-12(2)20(15)19-16/h4-10,13H,1-3H3,(H,17,19). The highest BCUT2D eigenvalue weighted by Crippen LogP contribution is 2.20. The third-order valence-electron chi connectivity index (χ3n) is 3.55. The van der Waals surface area contributed by atoms with Crippen molar-refractivity contribution < 1.29 is 0 Å². The summed E-state index contributed by atoms with van der Waals surface area (Å²) in [5.74, 6) is 0.662. The monoisotopic (exact) mass is 266 g/mol. The SMILES string of the molecule is Cc1ccccc1C(C)Nc1nc2cccc(C)n2n1. The smallest absolute Gasteiger partial charge is 0.243 e. The summed E-state index contributed by atoms with van der Waals surface area (Å²) in [7, 11) is 0. The molecule has 0 saturated heterocycles. The van der Waals surface area contributed by atoms with E-state index in [4.69, 9.17) is 0 Å². The second kappa shape index (κ2) is 4.96. The van der Waals surface area contributed by atoms with Crippen molar-refractivity contribution in [2.45, 2.75) is 26.8 Å². The Bertz CT molecular complexity index is 745. The molecule has 0 bridgehead atoms. The second-order valence-electron chi connectivity index (χ2n) is 5.10. The first-order valence-electron chi connectivity index (χ1n) is 6.79. The van der Waals surface area contributed by atoms with E-state index in [1.807, 2.05) is 29.6 Å². The Morgan fingerprint density at radius 2 is 1.85 bits per heavy atom. The van der Waals surface area contributed by atoms with Crippen LogP contribution in [0.4, 0.5) is 5.95 Å². The van der Waals surface area contributed by atoms with Gasteiger partial charge in [0.1, 0.15) is 0 Å². The lowest BCUT2D eigenvalue weighted by Crippen LogP contribution is -2.09. The first-order chi connectivity index (χ1) is 9.65. The van der Waals surface area contributed by atoms with E-state index in [9.17, 15) is 0 Å². The van der Waals surface area contributed by atoms with E-state index in [0.717, 1.165) is 11.3 Å². The van der Waals surface area contributed by atoms with Gasteiger partial charge in [0, 0.05) is 5.69 Å². The first-order valence-corrected chi connectivity index (χ1v) is 6.79. The van der Waals surface area contributed by atoms with Gasteiger partial charge in [-0.05, 0) is 44.0 Å². The molecule has 0 spiro atoms. The Hall–Kier alpha value is -2.36. The van der Waals surface area contributed by atoms with Gasteiger partial charge >= 0.3 is 0 Å². The van der Waals surface area contributed by atoms with Crippen LogP contribution in [0.3, 0.4) is 0 Å². The van der Waals surface area contributed by atoms with Crippen molar-refractivity contribution in [3.63, 3.8) is 0 Å². The number of anilines is 1. The normalized spacial score (nSPS) is 12.6. The van der Waals surface area contributed by atoms with Gasteiger partial charge < -0.3 is 5.32 Å². The van der Waals surface area contributed by atoms with Gasteiger partial charge in [-0.3, -0.25) is 0 Å². The van der Waals surface area contributed by atoms with E-state index in [1.165, 1.54) is 11.1 Å². The molecule has 0 aliphatic rings. The molecule has 1 aromatic carbocycles. The van der Waals surface area contributed by atoms with Crippen LogP contribution in [0.15, 0.2) is 42.5 Å². The number of nitrogens with zero attached hydrogens (tertiary/aromatic N) is 3. The maximum atomic E-state index is 4.51. The van der Waals surface area contributed by atoms with Gasteiger partial charge in [-0.2, -0.15) is 4.98 Å². The predicted molar refractivity (Wildman–Crippen MR) is 80.9 cm³/mol. The summed E-state index contributed by atoms with van der Waals surface area (Å²) in [6, 6.07) is 14.5. The van der Waals surface area contributed by atoms with E-state index in [-0.39, 0.29) is 6.04 Å². The summed E-state index contributed by atoms with van der Waals surface area (Å²) in [5.41, 5.74) is 4.48. The molecule has 0 radical (unpaired) electrons. The molecule has 1 atom stereocenters. The highest BCUT2D eigenvalue weighted by Gasteiger charge is 2.11. The van der Waals surface area contributed by atoms with E-state index in [1.54, 1.807) is 0 Å². The number of fused-ring (bicyclic) bond motifs is 1. The zero-order chi connectivity index (χ0) is 14.1. The molecule has 3 aromatic rings. The molecule has 0 amide bonds. The second-order valence-corrected chi connectivity index (χ2v) is 5.10. The maximum absolute atomic E-state index is 4.51. The van der Waals surface area contributed by atoms with Crippen molar-refractivity contribution in [3.8, 4) is 0 Å². The molecule has 2 aromatic heterocycles. The number of hydrogen-bond donors (Lipinski definition) is 1. The van der Waals surface area contributed by atoms with Gasteiger partial charge in [-0.1, -0.05) is 30.3 Å². The van der Waals surface area contributed by atoms with Crippen molar-refractivity contribution in [2.24, 2.45) is 0 Å². The van der Waals surface area contributed by atoms with Gasteiger partial charge in [-0.15, -0.1) is 5.10 Å². The molecular weight excluding hydrogens is 248 g/mol. The van der Waals surface area contributed by atoms with Crippen molar-refractivity contribution in [1.29, 1.82) is 0 Å². The molecule has 102 valence electrons. The van der Waals surface area contributed by atoms with Crippen LogP contribution in [0.2, 0.25) is 0 Å². The Kier molecular flexibility index (Phi) is 3.14. The number of aryl methyl sites for hydroxylation is 2. The Labute approximate surface area is 118 Å². The zero-order valence-corrected chi connectivity index (χ0v) is 12.0. The lowest BCUT2D eigenvalue weighted by atomic mass is 10.0. The van der Waals surface area contributed by atoms with Gasteiger partial charge in [-0.25, -0.2) is 4.52 Å². The van der Waals surface area contributed by atoms with E-state index < -0.39 is 0 Å². The summed E-state index contributed by atoms with van der Waals surface area (Å²) in [6.45, 7) is 6.27. The van der Waals surface area contributed by atoms with Crippen LogP contribution in [0, 0.1) is 13.8 Å². The molecule has 0 saturated carbocycles. The summed E-state index contributed by atoms with van der Waals surface area (Å²) >= 11 is 0. The fourth-order valence-corrected chi connectivity index (χ4v) is 2.44. The van der Waals surface area contributed by atoms with Crippen LogP contribution in [0.5, 0.6) is 0 Å². The average molecular weight is 266 g/mol. The molecule has 2 heterocycles. The van der Waals surface area contributed by atoms with E-state index in [0.29, 0.717) is 5.95 Å². The molecule has 0 aliphatic carbocycles. The van der Waals surface area contributed by atoms with Crippen LogP contribution in [0.25, 0.3) is 5.65 Å². The number of pyridine rings is 1. The predicted octanol–water partition coefficient (Wildman–Crippen LogP) is 3.52. The fraction of sp³-hybridized carbons (Fsp3) is 0.250. The van der Waals surface area contributed by atoms with Crippen molar-refractivity contribution in [3.05, 3.63) is 59.3 Å². The Morgan fingerprint density at radius 3 is 2.60 bits per heavy atom. The number of rotatable bonds is 3. The first kappa shape index (κ1) is 12.7. The Balaban J connectivity index is 1.90. The molecule has 1 unspecified atom stereocenters. The minimum absolute atomic E-state index is 0.175. The number of nitrogens with one attached hydrogen (secondary N) is 1. The van der Waals surface area contributed by atoms with Gasteiger partial charge in [0.05, 0.1) is 6.04 Å². The van der Waals surface area contributed by atoms with E-state index in [2.05, 4.69) is 53.5 Å². The van der Waals surface area contributed by atoms with Crippen LogP contribution < -0.4 is 5.32 Å². The lowest BCUT2D eigenvalue weighted by molar-refractivity contribution is 0.839. The largest absolute Gasteiger partial charge is 0.346 e. The number of aromatic nitrogens is 3. The van der Waals surface area contributed by atoms with Crippen LogP contribution in [-0.4, -0.2) is 14.6 Å².